The van der Waals surface area contributed by atoms with Crippen LogP contribution in [0.15, 0.2) is 24.4 Å². The molecular weight excluding hydrogens is 404 g/mol. The van der Waals surface area contributed by atoms with E-state index < -0.39 is 23.5 Å². The number of ether oxygens (including phenoxy) is 4. The average molecular weight is 432 g/mol. The molecule has 0 aromatic carbocycles. The fourth-order valence-corrected chi connectivity index (χ4v) is 2.45. The summed E-state index contributed by atoms with van der Waals surface area (Å²) in [4.78, 5) is 37.8. The first-order valence-electron chi connectivity index (χ1n) is 9.67. The number of carbonyl (C=O) groups excluding carboxylic acids is 2. The molecule has 0 aliphatic rings. The quantitative estimate of drug-likeness (QED) is 0.627. The van der Waals surface area contributed by atoms with Gasteiger partial charge in [0.2, 0.25) is 11.8 Å². The second-order valence-electron chi connectivity index (χ2n) is 7.92. The van der Waals surface area contributed by atoms with Crippen molar-refractivity contribution < 1.29 is 28.5 Å². The molecule has 0 bridgehead atoms. The summed E-state index contributed by atoms with van der Waals surface area (Å²) in [6.07, 6.45) is 1.44. The summed E-state index contributed by atoms with van der Waals surface area (Å²) >= 11 is 0. The third-order valence-corrected chi connectivity index (χ3v) is 3.88. The van der Waals surface area contributed by atoms with E-state index in [2.05, 4.69) is 20.3 Å². The molecule has 2 rings (SSSR count). The van der Waals surface area contributed by atoms with Crippen molar-refractivity contribution in [1.29, 1.82) is 0 Å². The Morgan fingerprint density at radius 3 is 2.19 bits per heavy atom. The van der Waals surface area contributed by atoms with E-state index in [4.69, 9.17) is 18.9 Å². The van der Waals surface area contributed by atoms with Crippen molar-refractivity contribution in [2.24, 2.45) is 5.92 Å². The monoisotopic (exact) mass is 432 g/mol. The summed E-state index contributed by atoms with van der Waals surface area (Å²) in [7, 11) is 2.88. The van der Waals surface area contributed by atoms with Gasteiger partial charge < -0.3 is 24.3 Å². The van der Waals surface area contributed by atoms with E-state index in [0.29, 0.717) is 0 Å². The minimum Gasteiger partial charge on any atom is -0.481 e. The molecule has 0 saturated heterocycles. The topological polar surface area (TPSA) is 122 Å². The summed E-state index contributed by atoms with van der Waals surface area (Å²) < 4.78 is 21.3. The summed E-state index contributed by atoms with van der Waals surface area (Å²) in [5.74, 6) is -0.798. The Kier molecular flexibility index (Phi) is 7.73. The Hall–Kier alpha value is -3.43. The summed E-state index contributed by atoms with van der Waals surface area (Å²) in [5, 5.41) is 2.68. The number of pyridine rings is 1. The highest BCUT2D eigenvalue weighted by atomic mass is 16.6. The number of hydrogen-bond donors (Lipinski definition) is 1. The molecule has 1 unspecified atom stereocenters. The van der Waals surface area contributed by atoms with Crippen LogP contribution in [0.2, 0.25) is 0 Å². The zero-order valence-electron chi connectivity index (χ0n) is 18.8. The SMILES string of the molecule is COc1cc(OC)nc(Oc2cccnc2C(=O)NC(C(=O)OC(C)(C)C)C(C)C)n1. The normalized spacial score (nSPS) is 12.1. The second-order valence-corrected chi connectivity index (χ2v) is 7.92. The number of aromatic nitrogens is 3. The molecule has 2 heterocycles. The fourth-order valence-electron chi connectivity index (χ4n) is 2.45. The van der Waals surface area contributed by atoms with Crippen LogP contribution in [-0.4, -0.2) is 52.7 Å². The third kappa shape index (κ3) is 6.80. The Labute approximate surface area is 181 Å². The molecule has 0 radical (unpaired) electrons. The molecule has 10 nitrogen and oxygen atoms in total. The highest BCUT2D eigenvalue weighted by Gasteiger charge is 2.30. The number of methoxy groups -OCH3 is 2. The van der Waals surface area contributed by atoms with Gasteiger partial charge in [0, 0.05) is 6.20 Å². The van der Waals surface area contributed by atoms with E-state index in [-0.39, 0.29) is 35.1 Å². The molecule has 0 aliphatic carbocycles. The van der Waals surface area contributed by atoms with E-state index in [0.717, 1.165) is 0 Å². The van der Waals surface area contributed by atoms with E-state index in [9.17, 15) is 9.59 Å². The summed E-state index contributed by atoms with van der Waals surface area (Å²) in [6, 6.07) is 3.66. The molecule has 1 amide bonds. The first-order chi connectivity index (χ1) is 14.5. The largest absolute Gasteiger partial charge is 0.481 e. The van der Waals surface area contributed by atoms with Crippen LogP contribution in [0.4, 0.5) is 0 Å². The second kappa shape index (κ2) is 10.1. The van der Waals surface area contributed by atoms with Gasteiger partial charge in [-0.1, -0.05) is 13.8 Å². The third-order valence-electron chi connectivity index (χ3n) is 3.88. The van der Waals surface area contributed by atoms with Crippen LogP contribution in [0, 0.1) is 5.92 Å². The highest BCUT2D eigenvalue weighted by Crippen LogP contribution is 2.25. The first kappa shape index (κ1) is 23.8. The van der Waals surface area contributed by atoms with E-state index in [1.807, 2.05) is 0 Å². The van der Waals surface area contributed by atoms with E-state index >= 15 is 0 Å². The van der Waals surface area contributed by atoms with Gasteiger partial charge in [0.1, 0.15) is 11.6 Å². The molecule has 2 aromatic heterocycles. The van der Waals surface area contributed by atoms with Crippen molar-refractivity contribution in [3.63, 3.8) is 0 Å². The minimum absolute atomic E-state index is 0.0397. The van der Waals surface area contributed by atoms with Gasteiger partial charge in [-0.2, -0.15) is 9.97 Å². The number of hydrogen-bond acceptors (Lipinski definition) is 9. The maximum absolute atomic E-state index is 12.9. The molecule has 0 spiro atoms. The summed E-state index contributed by atoms with van der Waals surface area (Å²) in [5.41, 5.74) is -0.723. The standard InChI is InChI=1S/C21H28N4O6/c1-12(2)16(19(27)31-21(3,4)5)25-18(26)17-13(9-8-10-22-17)30-20-23-14(28-6)11-15(24-20)29-7/h8-12,16H,1-7H3,(H,25,26). The van der Waals surface area contributed by atoms with Gasteiger partial charge >= 0.3 is 12.0 Å². The van der Waals surface area contributed by atoms with Crippen LogP contribution >= 0.6 is 0 Å². The fraction of sp³-hybridized carbons (Fsp3) is 0.476. The zero-order chi connectivity index (χ0) is 23.2. The molecular formula is C21H28N4O6. The van der Waals surface area contributed by atoms with Crippen molar-refractivity contribution in [3.8, 4) is 23.5 Å². The van der Waals surface area contributed by atoms with Gasteiger partial charge in [0.15, 0.2) is 11.4 Å². The van der Waals surface area contributed by atoms with E-state index in [1.165, 1.54) is 32.5 Å². The molecule has 10 heteroatoms. The lowest BCUT2D eigenvalue weighted by atomic mass is 10.0. The number of nitrogens with one attached hydrogen (secondary N) is 1. The number of carbonyl (C=O) groups is 2. The van der Waals surface area contributed by atoms with Gasteiger partial charge in [-0.25, -0.2) is 9.78 Å². The molecule has 0 fully saturated rings. The molecule has 0 saturated carbocycles. The predicted octanol–water partition coefficient (Wildman–Crippen LogP) is 2.78. The molecule has 2 aromatic rings. The zero-order valence-corrected chi connectivity index (χ0v) is 18.8. The number of esters is 1. The molecule has 1 atom stereocenters. The lowest BCUT2D eigenvalue weighted by Gasteiger charge is -2.26. The van der Waals surface area contributed by atoms with Crippen LogP contribution < -0.4 is 19.5 Å². The maximum atomic E-state index is 12.9. The van der Waals surface area contributed by atoms with Gasteiger partial charge in [0.05, 0.1) is 20.3 Å². The van der Waals surface area contributed by atoms with E-state index in [1.54, 1.807) is 40.7 Å². The lowest BCUT2D eigenvalue weighted by Crippen LogP contribution is -2.47. The summed E-state index contributed by atoms with van der Waals surface area (Å²) in [6.45, 7) is 8.90. The van der Waals surface area contributed by atoms with Crippen LogP contribution in [0.25, 0.3) is 0 Å². The van der Waals surface area contributed by atoms with Gasteiger partial charge in [-0.15, -0.1) is 0 Å². The Morgan fingerprint density at radius 1 is 1.06 bits per heavy atom. The molecule has 1 N–H and O–H groups in total. The number of amides is 1. The minimum atomic E-state index is -0.866. The van der Waals surface area contributed by atoms with Crippen LogP contribution in [0.3, 0.4) is 0 Å². The van der Waals surface area contributed by atoms with Gasteiger partial charge in [-0.05, 0) is 38.8 Å². The Bertz CT molecular complexity index is 904. The first-order valence-corrected chi connectivity index (χ1v) is 9.67. The van der Waals surface area contributed by atoms with Crippen molar-refractivity contribution in [3.05, 3.63) is 30.1 Å². The smallest absolute Gasteiger partial charge is 0.329 e. The highest BCUT2D eigenvalue weighted by molar-refractivity contribution is 5.97. The molecule has 168 valence electrons. The van der Waals surface area contributed by atoms with Crippen molar-refractivity contribution >= 4 is 11.9 Å². The Morgan fingerprint density at radius 2 is 1.68 bits per heavy atom. The Balaban J connectivity index is 2.28. The van der Waals surface area contributed by atoms with Gasteiger partial charge in [-0.3, -0.25) is 4.79 Å². The number of rotatable bonds is 8. The van der Waals surface area contributed by atoms with Crippen LogP contribution in [0.1, 0.15) is 45.1 Å². The number of nitrogens with zero attached hydrogens (tertiary/aromatic N) is 3. The maximum Gasteiger partial charge on any atom is 0.329 e. The lowest BCUT2D eigenvalue weighted by molar-refractivity contribution is -0.158. The van der Waals surface area contributed by atoms with Crippen molar-refractivity contribution in [2.45, 2.75) is 46.3 Å². The van der Waals surface area contributed by atoms with Gasteiger partial charge in [0.25, 0.3) is 5.91 Å². The molecule has 0 aliphatic heterocycles. The predicted molar refractivity (Wildman–Crippen MR) is 111 cm³/mol. The van der Waals surface area contributed by atoms with Crippen molar-refractivity contribution in [2.75, 3.05) is 14.2 Å². The molecule has 31 heavy (non-hydrogen) atoms. The van der Waals surface area contributed by atoms with Crippen LogP contribution in [0.5, 0.6) is 23.5 Å². The van der Waals surface area contributed by atoms with Crippen molar-refractivity contribution in [1.82, 2.24) is 20.3 Å². The van der Waals surface area contributed by atoms with Crippen LogP contribution in [-0.2, 0) is 9.53 Å². The average Bonchev–Trinajstić information content (AvgIpc) is 2.70.